The molecule has 0 unspecified atom stereocenters. The Balaban J connectivity index is 1.49. The van der Waals surface area contributed by atoms with E-state index in [2.05, 4.69) is 15.6 Å². The number of hydrogen-bond acceptors (Lipinski definition) is 5. The number of nitrogens with zero attached hydrogens (tertiary/aromatic N) is 4. The third-order valence-electron chi connectivity index (χ3n) is 5.99. The van der Waals surface area contributed by atoms with Crippen molar-refractivity contribution in [1.29, 1.82) is 0 Å². The van der Waals surface area contributed by atoms with Gasteiger partial charge < -0.3 is 14.6 Å². The molecule has 0 aliphatic carbocycles. The molecule has 0 aliphatic rings. The van der Waals surface area contributed by atoms with Crippen molar-refractivity contribution in [1.82, 2.24) is 25.2 Å². The van der Waals surface area contributed by atoms with Gasteiger partial charge in [-0.05, 0) is 47.5 Å². The first-order valence-electron chi connectivity index (χ1n) is 11.8. The van der Waals surface area contributed by atoms with E-state index >= 15 is 0 Å². The summed E-state index contributed by atoms with van der Waals surface area (Å²) >= 11 is 0. The van der Waals surface area contributed by atoms with Crippen LogP contribution in [0, 0.1) is 5.82 Å². The van der Waals surface area contributed by atoms with Gasteiger partial charge in [-0.3, -0.25) is 9.59 Å². The first-order valence-corrected chi connectivity index (χ1v) is 11.8. The lowest BCUT2D eigenvalue weighted by Crippen LogP contribution is -2.44. The lowest BCUT2D eigenvalue weighted by Gasteiger charge is -2.31. The van der Waals surface area contributed by atoms with Crippen LogP contribution >= 0.6 is 0 Å². The van der Waals surface area contributed by atoms with Gasteiger partial charge in [-0.1, -0.05) is 59.8 Å². The largest absolute Gasteiger partial charge is 0.467 e. The van der Waals surface area contributed by atoms with E-state index in [1.807, 2.05) is 54.6 Å². The van der Waals surface area contributed by atoms with Gasteiger partial charge >= 0.3 is 0 Å². The Hall–Kier alpha value is -4.79. The number of benzene rings is 3. The lowest BCUT2D eigenvalue weighted by atomic mass is 10.0. The standard InChI is InChI=1S/C28H24FN5O3/c29-22-14-12-21(13-15-22)27(28(36)30-17-20-7-2-1-3-8-20)33(18-23-9-6-16-37-23)26(35)19-34-25-11-5-4-10-24(25)31-32-34/h1-16,27H,17-19H2,(H,30,36)/t27-/m1/s1. The minimum Gasteiger partial charge on any atom is -0.467 e. The molecule has 3 aromatic carbocycles. The fraction of sp³-hybridized carbons (Fsp3) is 0.143. The van der Waals surface area contributed by atoms with Crippen LogP contribution in [0.5, 0.6) is 0 Å². The lowest BCUT2D eigenvalue weighted by molar-refractivity contribution is -0.142. The second-order valence-electron chi connectivity index (χ2n) is 8.49. The van der Waals surface area contributed by atoms with Crippen LogP contribution in [0.25, 0.3) is 11.0 Å². The molecule has 0 saturated carbocycles. The second kappa shape index (κ2) is 10.9. The van der Waals surface area contributed by atoms with Crippen molar-refractivity contribution in [3.8, 4) is 0 Å². The van der Waals surface area contributed by atoms with Crippen LogP contribution < -0.4 is 5.32 Å². The molecular formula is C28H24FN5O3. The first-order chi connectivity index (χ1) is 18.1. The van der Waals surface area contributed by atoms with Gasteiger partial charge in [0.05, 0.1) is 18.3 Å². The van der Waals surface area contributed by atoms with E-state index in [0.717, 1.165) is 5.56 Å². The summed E-state index contributed by atoms with van der Waals surface area (Å²) in [5.41, 5.74) is 2.73. The van der Waals surface area contributed by atoms with E-state index in [4.69, 9.17) is 4.42 Å². The second-order valence-corrected chi connectivity index (χ2v) is 8.49. The summed E-state index contributed by atoms with van der Waals surface area (Å²) in [4.78, 5) is 28.8. The van der Waals surface area contributed by atoms with Crippen molar-refractivity contribution in [2.45, 2.75) is 25.7 Å². The van der Waals surface area contributed by atoms with Crippen LogP contribution in [0.2, 0.25) is 0 Å². The van der Waals surface area contributed by atoms with Gasteiger partial charge in [0.15, 0.2) is 0 Å². The van der Waals surface area contributed by atoms with Crippen molar-refractivity contribution >= 4 is 22.8 Å². The monoisotopic (exact) mass is 497 g/mol. The van der Waals surface area contributed by atoms with Crippen LogP contribution in [0.4, 0.5) is 4.39 Å². The normalized spacial score (nSPS) is 11.8. The molecule has 2 amide bonds. The van der Waals surface area contributed by atoms with Gasteiger partial charge in [0.1, 0.15) is 29.7 Å². The molecule has 9 heteroatoms. The van der Waals surface area contributed by atoms with E-state index < -0.39 is 17.8 Å². The van der Waals surface area contributed by atoms with Crippen molar-refractivity contribution in [2.24, 2.45) is 0 Å². The molecule has 2 heterocycles. The SMILES string of the molecule is O=C(NCc1ccccc1)[C@@H](c1ccc(F)cc1)N(Cc1ccco1)C(=O)Cn1nnc2ccccc21. The molecule has 0 spiro atoms. The number of aromatic nitrogens is 3. The van der Waals surface area contributed by atoms with Crippen molar-refractivity contribution in [2.75, 3.05) is 0 Å². The summed E-state index contributed by atoms with van der Waals surface area (Å²) in [6, 6.07) is 24.7. The summed E-state index contributed by atoms with van der Waals surface area (Å²) < 4.78 is 20.8. The molecule has 0 aliphatic heterocycles. The minimum atomic E-state index is -1.04. The van der Waals surface area contributed by atoms with Gasteiger partial charge in [-0.15, -0.1) is 5.10 Å². The highest BCUT2D eigenvalue weighted by Crippen LogP contribution is 2.25. The quantitative estimate of drug-likeness (QED) is 0.329. The molecule has 8 nitrogen and oxygen atoms in total. The van der Waals surface area contributed by atoms with E-state index in [9.17, 15) is 14.0 Å². The topological polar surface area (TPSA) is 93.3 Å². The van der Waals surface area contributed by atoms with Crippen LogP contribution in [0.1, 0.15) is 22.9 Å². The van der Waals surface area contributed by atoms with Crippen LogP contribution in [-0.4, -0.2) is 31.7 Å². The minimum absolute atomic E-state index is 0.0270. The fourth-order valence-corrected chi connectivity index (χ4v) is 4.15. The number of carbonyl (C=O) groups is 2. The molecule has 0 radical (unpaired) electrons. The van der Waals surface area contributed by atoms with Gasteiger partial charge in [-0.25, -0.2) is 9.07 Å². The summed E-state index contributed by atoms with van der Waals surface area (Å²) in [5, 5.41) is 11.2. The number of rotatable bonds is 9. The molecule has 0 fully saturated rings. The average Bonchev–Trinajstić information content (AvgIpc) is 3.59. The Morgan fingerprint density at radius 3 is 2.46 bits per heavy atom. The van der Waals surface area contributed by atoms with E-state index in [1.165, 1.54) is 40.1 Å². The number of nitrogens with one attached hydrogen (secondary N) is 1. The molecule has 1 atom stereocenters. The van der Waals surface area contributed by atoms with Crippen LogP contribution in [0.3, 0.4) is 0 Å². The highest BCUT2D eigenvalue weighted by Gasteiger charge is 2.32. The number of halogens is 1. The highest BCUT2D eigenvalue weighted by atomic mass is 19.1. The number of furan rings is 1. The van der Waals surface area contributed by atoms with Crippen molar-refractivity contribution in [3.05, 3.63) is 120 Å². The summed E-state index contributed by atoms with van der Waals surface area (Å²) in [7, 11) is 0. The maximum atomic E-state index is 13.8. The summed E-state index contributed by atoms with van der Waals surface area (Å²) in [6.45, 7) is 0.151. The maximum absolute atomic E-state index is 13.8. The Kier molecular flexibility index (Phi) is 7.02. The smallest absolute Gasteiger partial charge is 0.247 e. The summed E-state index contributed by atoms with van der Waals surface area (Å²) in [5.74, 6) is -0.722. The Morgan fingerprint density at radius 2 is 1.70 bits per heavy atom. The van der Waals surface area contributed by atoms with Gasteiger partial charge in [-0.2, -0.15) is 0 Å². The van der Waals surface area contributed by atoms with Gasteiger partial charge in [0, 0.05) is 6.54 Å². The van der Waals surface area contributed by atoms with Crippen LogP contribution in [-0.2, 0) is 29.2 Å². The van der Waals surface area contributed by atoms with Crippen LogP contribution in [0.15, 0.2) is 102 Å². The number of fused-ring (bicyclic) bond motifs is 1. The van der Waals surface area contributed by atoms with Crippen molar-refractivity contribution in [3.63, 3.8) is 0 Å². The Morgan fingerprint density at radius 1 is 0.946 bits per heavy atom. The molecule has 5 aromatic rings. The molecule has 37 heavy (non-hydrogen) atoms. The van der Waals surface area contributed by atoms with E-state index in [1.54, 1.807) is 12.1 Å². The molecular weight excluding hydrogens is 473 g/mol. The number of carbonyl (C=O) groups excluding carboxylic acids is 2. The number of amides is 2. The van der Waals surface area contributed by atoms with Crippen molar-refractivity contribution < 1.29 is 18.4 Å². The number of para-hydroxylation sites is 1. The third kappa shape index (κ3) is 5.56. The third-order valence-corrected chi connectivity index (χ3v) is 5.99. The Labute approximate surface area is 212 Å². The molecule has 0 bridgehead atoms. The number of hydrogen-bond donors (Lipinski definition) is 1. The van der Waals surface area contributed by atoms with Gasteiger partial charge in [0.25, 0.3) is 0 Å². The zero-order chi connectivity index (χ0) is 25.6. The van der Waals surface area contributed by atoms with Gasteiger partial charge in [0.2, 0.25) is 11.8 Å². The first kappa shape index (κ1) is 23.9. The molecule has 2 aromatic heterocycles. The van der Waals surface area contributed by atoms with E-state index in [0.29, 0.717) is 22.4 Å². The maximum Gasteiger partial charge on any atom is 0.247 e. The predicted molar refractivity (Wildman–Crippen MR) is 134 cm³/mol. The zero-order valence-corrected chi connectivity index (χ0v) is 19.8. The fourth-order valence-electron chi connectivity index (χ4n) is 4.15. The zero-order valence-electron chi connectivity index (χ0n) is 19.8. The molecule has 5 rings (SSSR count). The average molecular weight is 498 g/mol. The summed E-state index contributed by atoms with van der Waals surface area (Å²) in [6.07, 6.45) is 1.51. The highest BCUT2D eigenvalue weighted by molar-refractivity contribution is 5.89. The van der Waals surface area contributed by atoms with E-state index in [-0.39, 0.29) is 25.5 Å². The predicted octanol–water partition coefficient (Wildman–Crippen LogP) is 4.25. The molecule has 1 N–H and O–H groups in total. The Bertz CT molecular complexity index is 1480. The molecule has 0 saturated heterocycles. The molecule has 186 valence electrons.